The van der Waals surface area contributed by atoms with Gasteiger partial charge in [-0.1, -0.05) is 291 Å². The third-order valence-corrected chi connectivity index (χ3v) is 13.8. The highest BCUT2D eigenvalue weighted by molar-refractivity contribution is 5.71. The van der Waals surface area contributed by atoms with E-state index in [4.69, 9.17) is 14.2 Å². The molecule has 0 aliphatic carbocycles. The second-order valence-corrected chi connectivity index (χ2v) is 21.3. The Kier molecular flexibility index (Phi) is 61.3. The summed E-state index contributed by atoms with van der Waals surface area (Å²) in [7, 11) is 0. The van der Waals surface area contributed by atoms with Crippen LogP contribution in [0, 0.1) is 0 Å². The zero-order valence-corrected chi connectivity index (χ0v) is 50.4. The first-order valence-electron chi connectivity index (χ1n) is 32.4. The fourth-order valence-corrected chi connectivity index (χ4v) is 8.99. The van der Waals surface area contributed by atoms with Crippen LogP contribution < -0.4 is 0 Å². The highest BCUT2D eigenvalue weighted by atomic mass is 16.6. The number of allylic oxidation sites excluding steroid dienone is 18. The highest BCUT2D eigenvalue weighted by Gasteiger charge is 2.19. The molecule has 0 N–H and O–H groups in total. The number of carbonyl (C=O) groups is 3. The van der Waals surface area contributed by atoms with E-state index >= 15 is 0 Å². The molecule has 0 aromatic heterocycles. The molecule has 0 spiro atoms. The number of ether oxygens (including phenoxy) is 3. The van der Waals surface area contributed by atoms with Gasteiger partial charge in [-0.3, -0.25) is 14.4 Å². The first-order valence-corrected chi connectivity index (χ1v) is 32.4. The average molecular weight is 1070 g/mol. The van der Waals surface area contributed by atoms with Crippen molar-refractivity contribution in [1.82, 2.24) is 0 Å². The molecule has 6 heteroatoms. The predicted molar refractivity (Wildman–Crippen MR) is 334 cm³/mol. The Balaban J connectivity index is 4.16. The standard InChI is InChI=1S/C71H120O6/c1-4-7-10-13-16-19-21-23-25-27-29-30-31-32-33-34-35-36-37-38-39-40-42-43-45-47-49-52-55-58-61-64-70(73)76-67-68(66-75-69(72)63-60-57-54-51-18-15-12-9-6-3)77-71(74)65-62-59-56-53-50-48-46-44-41-28-26-24-22-20-17-14-11-8-5-2/h7-8,10-11,16-17,19-20,23-26,29-30,32-33,41,44,68H,4-6,9,12-15,18,21-22,27-28,31,34-40,42-43,45-67H2,1-3H3/b10-7-,11-8-,19-16-,20-17-,25-23-,26-24-,30-29-,33-32-,44-41-. The molecule has 0 aliphatic rings. The van der Waals surface area contributed by atoms with Gasteiger partial charge in [0.1, 0.15) is 13.2 Å². The minimum absolute atomic E-state index is 0.0813. The number of hydrogen-bond donors (Lipinski definition) is 0. The van der Waals surface area contributed by atoms with Gasteiger partial charge < -0.3 is 14.2 Å². The van der Waals surface area contributed by atoms with Crippen molar-refractivity contribution in [2.75, 3.05) is 13.2 Å². The van der Waals surface area contributed by atoms with Crippen LogP contribution in [0.2, 0.25) is 0 Å². The van der Waals surface area contributed by atoms with Crippen molar-refractivity contribution in [2.24, 2.45) is 0 Å². The zero-order valence-electron chi connectivity index (χ0n) is 50.4. The smallest absolute Gasteiger partial charge is 0.306 e. The molecule has 0 bridgehead atoms. The first kappa shape index (κ1) is 73.1. The van der Waals surface area contributed by atoms with E-state index < -0.39 is 6.10 Å². The minimum Gasteiger partial charge on any atom is -0.462 e. The van der Waals surface area contributed by atoms with E-state index in [1.54, 1.807) is 0 Å². The zero-order chi connectivity index (χ0) is 55.7. The van der Waals surface area contributed by atoms with E-state index in [-0.39, 0.29) is 31.1 Å². The second-order valence-electron chi connectivity index (χ2n) is 21.3. The third kappa shape index (κ3) is 62.8. The lowest BCUT2D eigenvalue weighted by molar-refractivity contribution is -0.167. The number of rotatable bonds is 58. The second kappa shape index (κ2) is 64.6. The number of carbonyl (C=O) groups excluding carboxylic acids is 3. The van der Waals surface area contributed by atoms with Crippen LogP contribution >= 0.6 is 0 Å². The lowest BCUT2D eigenvalue weighted by atomic mass is 10.0. The lowest BCUT2D eigenvalue weighted by Crippen LogP contribution is -2.30. The van der Waals surface area contributed by atoms with Crippen LogP contribution in [0.15, 0.2) is 109 Å². The van der Waals surface area contributed by atoms with E-state index in [2.05, 4.69) is 130 Å². The van der Waals surface area contributed by atoms with Crippen LogP contribution in [0.4, 0.5) is 0 Å². The molecule has 0 radical (unpaired) electrons. The van der Waals surface area contributed by atoms with Crippen molar-refractivity contribution >= 4 is 17.9 Å². The third-order valence-electron chi connectivity index (χ3n) is 13.8. The maximum absolute atomic E-state index is 12.9. The summed E-state index contributed by atoms with van der Waals surface area (Å²) >= 11 is 0. The number of unbranched alkanes of at least 4 members (excludes halogenated alkanes) is 29. The molecule has 0 saturated heterocycles. The number of hydrogen-bond acceptors (Lipinski definition) is 6. The predicted octanol–water partition coefficient (Wildman–Crippen LogP) is 22.2. The van der Waals surface area contributed by atoms with Crippen LogP contribution in [-0.2, 0) is 28.6 Å². The highest BCUT2D eigenvalue weighted by Crippen LogP contribution is 2.16. The molecule has 0 rings (SSSR count). The Labute approximate surface area is 476 Å². The van der Waals surface area contributed by atoms with Gasteiger partial charge in [0.15, 0.2) is 6.10 Å². The van der Waals surface area contributed by atoms with Gasteiger partial charge >= 0.3 is 17.9 Å². The van der Waals surface area contributed by atoms with E-state index in [1.165, 1.54) is 135 Å². The van der Waals surface area contributed by atoms with Gasteiger partial charge in [-0.2, -0.15) is 0 Å². The molecule has 1 atom stereocenters. The summed E-state index contributed by atoms with van der Waals surface area (Å²) in [5.41, 5.74) is 0. The van der Waals surface area contributed by atoms with E-state index in [9.17, 15) is 14.4 Å². The Morgan fingerprint density at radius 1 is 0.273 bits per heavy atom. The molecular formula is C71H120O6. The van der Waals surface area contributed by atoms with Crippen LogP contribution in [0.25, 0.3) is 0 Å². The number of esters is 3. The van der Waals surface area contributed by atoms with Crippen molar-refractivity contribution < 1.29 is 28.6 Å². The maximum Gasteiger partial charge on any atom is 0.306 e. The maximum atomic E-state index is 12.9. The van der Waals surface area contributed by atoms with Gasteiger partial charge in [0.25, 0.3) is 0 Å². The van der Waals surface area contributed by atoms with Gasteiger partial charge in [0.2, 0.25) is 0 Å². The Hall–Kier alpha value is -3.93. The fourth-order valence-electron chi connectivity index (χ4n) is 8.99. The van der Waals surface area contributed by atoms with Crippen LogP contribution in [0.1, 0.15) is 303 Å². The van der Waals surface area contributed by atoms with E-state index in [0.29, 0.717) is 19.3 Å². The van der Waals surface area contributed by atoms with Crippen molar-refractivity contribution in [1.29, 1.82) is 0 Å². The summed E-state index contributed by atoms with van der Waals surface area (Å²) < 4.78 is 16.9. The summed E-state index contributed by atoms with van der Waals surface area (Å²) in [6.07, 6.45) is 88.3. The Morgan fingerprint density at radius 3 is 0.792 bits per heavy atom. The molecule has 0 heterocycles. The van der Waals surface area contributed by atoms with E-state index in [0.717, 1.165) is 128 Å². The normalized spacial score (nSPS) is 12.8. The molecule has 6 nitrogen and oxygen atoms in total. The summed E-state index contributed by atoms with van der Waals surface area (Å²) in [6.45, 7) is 6.40. The molecule has 77 heavy (non-hydrogen) atoms. The SMILES string of the molecule is CC/C=C\C/C=C\C/C=C\C/C=C\C/C=C\CCCCCCCCCCCCCCCCCC(=O)OCC(COC(=O)CCCCCCCCCCC)OC(=O)CCCCCCCC/C=C\C/C=C\C/C=C\C/C=C\CC. The van der Waals surface area contributed by atoms with Crippen molar-refractivity contribution in [3.8, 4) is 0 Å². The largest absolute Gasteiger partial charge is 0.462 e. The van der Waals surface area contributed by atoms with Gasteiger partial charge in [0.05, 0.1) is 0 Å². The molecule has 440 valence electrons. The summed E-state index contributed by atoms with van der Waals surface area (Å²) in [5, 5.41) is 0. The summed E-state index contributed by atoms with van der Waals surface area (Å²) in [5.74, 6) is -0.890. The molecule has 1 unspecified atom stereocenters. The van der Waals surface area contributed by atoms with Crippen molar-refractivity contribution in [3.05, 3.63) is 109 Å². The van der Waals surface area contributed by atoms with Gasteiger partial charge in [0, 0.05) is 19.3 Å². The van der Waals surface area contributed by atoms with Crippen LogP contribution in [0.3, 0.4) is 0 Å². The fraction of sp³-hybridized carbons (Fsp3) is 0.704. The molecular weight excluding hydrogens is 949 g/mol. The first-order chi connectivity index (χ1) is 38.0. The van der Waals surface area contributed by atoms with Gasteiger partial charge in [-0.25, -0.2) is 0 Å². The molecule has 0 fully saturated rings. The van der Waals surface area contributed by atoms with Crippen LogP contribution in [-0.4, -0.2) is 37.2 Å². The summed E-state index contributed by atoms with van der Waals surface area (Å²) in [6, 6.07) is 0. The van der Waals surface area contributed by atoms with Crippen LogP contribution in [0.5, 0.6) is 0 Å². The Bertz CT molecular complexity index is 1560. The molecule has 0 aromatic carbocycles. The van der Waals surface area contributed by atoms with Gasteiger partial charge in [-0.05, 0) is 103 Å². The topological polar surface area (TPSA) is 78.9 Å². The van der Waals surface area contributed by atoms with Gasteiger partial charge in [-0.15, -0.1) is 0 Å². The summed E-state index contributed by atoms with van der Waals surface area (Å²) in [4.78, 5) is 38.2. The Morgan fingerprint density at radius 2 is 0.506 bits per heavy atom. The molecule has 0 saturated carbocycles. The minimum atomic E-state index is -0.784. The average Bonchev–Trinajstić information content (AvgIpc) is 3.43. The lowest BCUT2D eigenvalue weighted by Gasteiger charge is -2.18. The monoisotopic (exact) mass is 1070 g/mol. The molecule has 0 amide bonds. The van der Waals surface area contributed by atoms with Crippen molar-refractivity contribution in [3.63, 3.8) is 0 Å². The molecule has 0 aliphatic heterocycles. The van der Waals surface area contributed by atoms with E-state index in [1.807, 2.05) is 0 Å². The quantitative estimate of drug-likeness (QED) is 0.0261. The molecule has 0 aromatic rings. The van der Waals surface area contributed by atoms with Crippen molar-refractivity contribution in [2.45, 2.75) is 309 Å².